The van der Waals surface area contributed by atoms with Gasteiger partial charge in [-0.05, 0) is 24.8 Å². The van der Waals surface area contributed by atoms with Crippen LogP contribution in [0.4, 0.5) is 0 Å². The smallest absolute Gasteiger partial charge is 0.0669 e. The molecular formula is C12H27NO. The summed E-state index contributed by atoms with van der Waals surface area (Å²) in [7, 11) is 0. The third kappa shape index (κ3) is 10.0. The molecule has 0 aromatic heterocycles. The lowest BCUT2D eigenvalue weighted by Gasteiger charge is -2.22. The minimum absolute atomic E-state index is 0.198. The zero-order valence-electron chi connectivity index (χ0n) is 10.3. The Labute approximate surface area is 89.1 Å². The maximum atomic E-state index is 9.68. The summed E-state index contributed by atoms with van der Waals surface area (Å²) < 4.78 is 0. The molecule has 0 fully saturated rings. The van der Waals surface area contributed by atoms with Crippen molar-refractivity contribution in [2.45, 2.75) is 59.5 Å². The minimum atomic E-state index is -0.198. The molecule has 2 heteroatoms. The van der Waals surface area contributed by atoms with E-state index in [2.05, 4.69) is 33.0 Å². The molecule has 0 saturated heterocycles. The Bertz CT molecular complexity index is 129. The summed E-state index contributed by atoms with van der Waals surface area (Å²) in [6, 6.07) is 0. The van der Waals surface area contributed by atoms with E-state index in [1.165, 1.54) is 19.3 Å². The average molecular weight is 201 g/mol. The number of unbranched alkanes of at least 4 members (excludes halogenated alkanes) is 2. The van der Waals surface area contributed by atoms with Gasteiger partial charge in [0.15, 0.2) is 0 Å². The number of aliphatic hydroxyl groups excluding tert-OH is 1. The van der Waals surface area contributed by atoms with Gasteiger partial charge >= 0.3 is 0 Å². The molecule has 0 saturated carbocycles. The van der Waals surface area contributed by atoms with Crippen LogP contribution in [0.15, 0.2) is 0 Å². The Balaban J connectivity index is 3.31. The molecule has 0 aliphatic rings. The summed E-state index contributed by atoms with van der Waals surface area (Å²) in [5.74, 6) is 0. The van der Waals surface area contributed by atoms with Crippen LogP contribution in [-0.2, 0) is 0 Å². The first-order valence-corrected chi connectivity index (χ1v) is 5.84. The summed E-state index contributed by atoms with van der Waals surface area (Å²) in [5, 5.41) is 13.0. The number of hydrogen-bond acceptors (Lipinski definition) is 2. The van der Waals surface area contributed by atoms with E-state index < -0.39 is 0 Å². The normalized spacial score (nSPS) is 14.4. The molecule has 2 N–H and O–H groups in total. The highest BCUT2D eigenvalue weighted by atomic mass is 16.3. The van der Waals surface area contributed by atoms with E-state index in [0.717, 1.165) is 19.5 Å². The lowest BCUT2D eigenvalue weighted by atomic mass is 9.89. The highest BCUT2D eigenvalue weighted by Gasteiger charge is 2.15. The van der Waals surface area contributed by atoms with E-state index in [1.54, 1.807) is 0 Å². The second-order valence-corrected chi connectivity index (χ2v) is 5.33. The molecule has 14 heavy (non-hydrogen) atoms. The van der Waals surface area contributed by atoms with Gasteiger partial charge in [-0.2, -0.15) is 0 Å². The lowest BCUT2D eigenvalue weighted by Crippen LogP contribution is -2.30. The summed E-state index contributed by atoms with van der Waals surface area (Å²) >= 11 is 0. The van der Waals surface area contributed by atoms with Crippen molar-refractivity contribution in [1.29, 1.82) is 0 Å². The molecule has 0 aliphatic heterocycles. The fourth-order valence-corrected chi connectivity index (χ4v) is 1.55. The largest absolute Gasteiger partial charge is 0.392 e. The van der Waals surface area contributed by atoms with E-state index >= 15 is 0 Å². The van der Waals surface area contributed by atoms with Gasteiger partial charge in [-0.1, -0.05) is 40.5 Å². The minimum Gasteiger partial charge on any atom is -0.392 e. The van der Waals surface area contributed by atoms with Crippen molar-refractivity contribution in [3.8, 4) is 0 Å². The topological polar surface area (TPSA) is 32.3 Å². The van der Waals surface area contributed by atoms with Crippen molar-refractivity contribution in [1.82, 2.24) is 5.32 Å². The van der Waals surface area contributed by atoms with Crippen molar-refractivity contribution in [3.05, 3.63) is 0 Å². The SMILES string of the molecule is CCCCCNCC(O)CC(C)(C)C. The predicted molar refractivity (Wildman–Crippen MR) is 62.5 cm³/mol. The fourth-order valence-electron chi connectivity index (χ4n) is 1.55. The Hall–Kier alpha value is -0.0800. The first-order chi connectivity index (χ1) is 6.45. The highest BCUT2D eigenvalue weighted by Crippen LogP contribution is 2.20. The van der Waals surface area contributed by atoms with Gasteiger partial charge in [0.25, 0.3) is 0 Å². The first kappa shape index (κ1) is 13.9. The number of nitrogens with one attached hydrogen (secondary N) is 1. The van der Waals surface area contributed by atoms with Crippen LogP contribution in [0, 0.1) is 5.41 Å². The van der Waals surface area contributed by atoms with E-state index in [1.807, 2.05) is 0 Å². The number of aliphatic hydroxyl groups is 1. The second-order valence-electron chi connectivity index (χ2n) is 5.33. The number of hydrogen-bond donors (Lipinski definition) is 2. The van der Waals surface area contributed by atoms with Crippen molar-refractivity contribution in [2.75, 3.05) is 13.1 Å². The van der Waals surface area contributed by atoms with Crippen LogP contribution < -0.4 is 5.32 Å². The van der Waals surface area contributed by atoms with Crippen LogP contribution in [0.3, 0.4) is 0 Å². The Morgan fingerprint density at radius 2 is 1.86 bits per heavy atom. The Morgan fingerprint density at radius 1 is 1.21 bits per heavy atom. The number of rotatable bonds is 7. The summed E-state index contributed by atoms with van der Waals surface area (Å²) in [6.45, 7) is 10.5. The fraction of sp³-hybridized carbons (Fsp3) is 1.00. The Morgan fingerprint density at radius 3 is 2.36 bits per heavy atom. The molecule has 0 aromatic rings. The molecule has 0 aromatic carbocycles. The van der Waals surface area contributed by atoms with Crippen molar-refractivity contribution in [2.24, 2.45) is 5.41 Å². The van der Waals surface area contributed by atoms with Gasteiger partial charge in [-0.25, -0.2) is 0 Å². The van der Waals surface area contributed by atoms with Crippen molar-refractivity contribution < 1.29 is 5.11 Å². The monoisotopic (exact) mass is 201 g/mol. The zero-order valence-corrected chi connectivity index (χ0v) is 10.3. The maximum absolute atomic E-state index is 9.68. The summed E-state index contributed by atoms with van der Waals surface area (Å²) in [5.41, 5.74) is 0.227. The average Bonchev–Trinajstić information content (AvgIpc) is 2.00. The molecule has 0 rings (SSSR count). The molecule has 0 spiro atoms. The summed E-state index contributed by atoms with van der Waals surface area (Å²) in [4.78, 5) is 0. The molecule has 0 amide bonds. The van der Waals surface area contributed by atoms with Crippen LogP contribution in [0.2, 0.25) is 0 Å². The molecular weight excluding hydrogens is 174 g/mol. The summed E-state index contributed by atoms with van der Waals surface area (Å²) in [6.07, 6.45) is 4.43. The van der Waals surface area contributed by atoms with Gasteiger partial charge < -0.3 is 10.4 Å². The van der Waals surface area contributed by atoms with E-state index in [0.29, 0.717) is 0 Å². The van der Waals surface area contributed by atoms with Gasteiger partial charge in [0.05, 0.1) is 6.10 Å². The lowest BCUT2D eigenvalue weighted by molar-refractivity contribution is 0.120. The van der Waals surface area contributed by atoms with Crippen LogP contribution >= 0.6 is 0 Å². The van der Waals surface area contributed by atoms with E-state index in [-0.39, 0.29) is 11.5 Å². The van der Waals surface area contributed by atoms with Crippen LogP contribution in [-0.4, -0.2) is 24.3 Å². The molecule has 0 bridgehead atoms. The zero-order chi connectivity index (χ0) is 11.0. The molecule has 1 atom stereocenters. The van der Waals surface area contributed by atoms with Crippen LogP contribution in [0.25, 0.3) is 0 Å². The van der Waals surface area contributed by atoms with Crippen LogP contribution in [0.1, 0.15) is 53.4 Å². The van der Waals surface area contributed by atoms with Gasteiger partial charge in [0.1, 0.15) is 0 Å². The highest BCUT2D eigenvalue weighted by molar-refractivity contribution is 4.69. The molecule has 1 unspecified atom stereocenters. The van der Waals surface area contributed by atoms with E-state index in [9.17, 15) is 5.11 Å². The molecule has 2 nitrogen and oxygen atoms in total. The Kier molecular flexibility index (Phi) is 7.20. The second kappa shape index (κ2) is 7.24. The first-order valence-electron chi connectivity index (χ1n) is 5.84. The standard InChI is InChI=1S/C12H27NO/c1-5-6-7-8-13-10-11(14)9-12(2,3)4/h11,13-14H,5-10H2,1-4H3. The quantitative estimate of drug-likeness (QED) is 0.620. The van der Waals surface area contributed by atoms with Gasteiger partial charge in [0.2, 0.25) is 0 Å². The predicted octanol–water partition coefficient (Wildman–Crippen LogP) is 2.56. The third-order valence-electron chi connectivity index (χ3n) is 2.19. The molecule has 0 aliphatic carbocycles. The van der Waals surface area contributed by atoms with Gasteiger partial charge in [0, 0.05) is 6.54 Å². The third-order valence-corrected chi connectivity index (χ3v) is 2.19. The molecule has 0 heterocycles. The van der Waals surface area contributed by atoms with Gasteiger partial charge in [-0.15, -0.1) is 0 Å². The maximum Gasteiger partial charge on any atom is 0.0669 e. The van der Waals surface area contributed by atoms with Crippen LogP contribution in [0.5, 0.6) is 0 Å². The van der Waals surface area contributed by atoms with Crippen molar-refractivity contribution >= 4 is 0 Å². The molecule has 86 valence electrons. The van der Waals surface area contributed by atoms with Gasteiger partial charge in [-0.3, -0.25) is 0 Å². The van der Waals surface area contributed by atoms with E-state index in [4.69, 9.17) is 0 Å². The van der Waals surface area contributed by atoms with Crippen molar-refractivity contribution in [3.63, 3.8) is 0 Å². The molecule has 0 radical (unpaired) electrons.